The second-order valence-corrected chi connectivity index (χ2v) is 4.80. The summed E-state index contributed by atoms with van der Waals surface area (Å²) in [6.07, 6.45) is 1.40. The number of carbonyl (C=O) groups is 1. The lowest BCUT2D eigenvalue weighted by Crippen LogP contribution is -2.40. The highest BCUT2D eigenvalue weighted by atomic mass is 19.1. The lowest BCUT2D eigenvalue weighted by molar-refractivity contribution is 0.0761. The number of carbonyl (C=O) groups excluding carboxylic acids is 1. The predicted octanol–water partition coefficient (Wildman–Crippen LogP) is 2.54. The van der Waals surface area contributed by atoms with Crippen LogP contribution in [0.3, 0.4) is 0 Å². The molecule has 1 aromatic rings. The summed E-state index contributed by atoms with van der Waals surface area (Å²) in [6.45, 7) is 3.39. The van der Waals surface area contributed by atoms with Crippen molar-refractivity contribution in [3.05, 3.63) is 35.4 Å². The molecule has 0 aliphatic carbocycles. The molecule has 0 bridgehead atoms. The molecule has 4 heteroatoms. The Morgan fingerprint density at radius 1 is 1.18 bits per heavy atom. The van der Waals surface area contributed by atoms with Gasteiger partial charge in [0.2, 0.25) is 0 Å². The van der Waals surface area contributed by atoms with Crippen LogP contribution in [0.1, 0.15) is 30.1 Å². The van der Waals surface area contributed by atoms with Gasteiger partial charge in [0.1, 0.15) is 11.6 Å². The summed E-state index contributed by atoms with van der Waals surface area (Å²) in [6, 6.07) is 3.00. The lowest BCUT2D eigenvalue weighted by atomic mass is 9.75. The monoisotopic (exact) mass is 239 g/mol. The number of piperidine rings is 1. The molecule has 1 N–H and O–H groups in total. The fraction of sp³-hybridized carbons (Fsp3) is 0.462. The quantitative estimate of drug-likeness (QED) is 0.803. The smallest absolute Gasteiger partial charge is 0.169 e. The molecule has 2 rings (SSSR count). The summed E-state index contributed by atoms with van der Waals surface area (Å²) in [5.41, 5.74) is -0.377. The molecule has 1 heterocycles. The molecular weight excluding hydrogens is 224 g/mol. The highest BCUT2D eigenvalue weighted by Gasteiger charge is 2.35. The second-order valence-electron chi connectivity index (χ2n) is 4.80. The average molecular weight is 239 g/mol. The summed E-state index contributed by atoms with van der Waals surface area (Å²) >= 11 is 0. The van der Waals surface area contributed by atoms with Crippen LogP contribution >= 0.6 is 0 Å². The SMILES string of the molecule is CC1(C(=O)c2cc(F)cc(F)c2)CCNCC1. The van der Waals surface area contributed by atoms with Crippen LogP contribution < -0.4 is 5.32 Å². The van der Waals surface area contributed by atoms with Crippen LogP contribution in [0.5, 0.6) is 0 Å². The fourth-order valence-electron chi connectivity index (χ4n) is 2.24. The molecule has 1 saturated heterocycles. The maximum atomic E-state index is 13.1. The molecule has 1 aliphatic heterocycles. The number of hydrogen-bond acceptors (Lipinski definition) is 2. The summed E-state index contributed by atoms with van der Waals surface area (Å²) in [4.78, 5) is 12.3. The van der Waals surface area contributed by atoms with Crippen molar-refractivity contribution in [1.82, 2.24) is 5.32 Å². The molecule has 0 atom stereocenters. The van der Waals surface area contributed by atoms with Gasteiger partial charge in [0.15, 0.2) is 5.78 Å². The summed E-state index contributed by atoms with van der Waals surface area (Å²) in [7, 11) is 0. The van der Waals surface area contributed by atoms with E-state index in [2.05, 4.69) is 5.32 Å². The first-order valence-corrected chi connectivity index (χ1v) is 5.73. The minimum Gasteiger partial charge on any atom is -0.317 e. The molecule has 2 nitrogen and oxygen atoms in total. The Balaban J connectivity index is 2.29. The summed E-state index contributed by atoms with van der Waals surface area (Å²) in [5, 5.41) is 3.17. The first kappa shape index (κ1) is 12.2. The predicted molar refractivity (Wildman–Crippen MR) is 60.9 cm³/mol. The van der Waals surface area contributed by atoms with E-state index in [4.69, 9.17) is 0 Å². The molecule has 1 fully saturated rings. The van der Waals surface area contributed by atoms with Gasteiger partial charge in [-0.2, -0.15) is 0 Å². The van der Waals surface area contributed by atoms with Gasteiger partial charge in [-0.05, 0) is 38.1 Å². The van der Waals surface area contributed by atoms with Gasteiger partial charge in [-0.15, -0.1) is 0 Å². The van der Waals surface area contributed by atoms with Crippen molar-refractivity contribution in [1.29, 1.82) is 0 Å². The van der Waals surface area contributed by atoms with Gasteiger partial charge >= 0.3 is 0 Å². The molecule has 0 radical (unpaired) electrons. The van der Waals surface area contributed by atoms with Crippen LogP contribution in [-0.2, 0) is 0 Å². The Morgan fingerprint density at radius 3 is 2.24 bits per heavy atom. The van der Waals surface area contributed by atoms with Gasteiger partial charge in [0.05, 0.1) is 0 Å². The third-order valence-corrected chi connectivity index (χ3v) is 3.38. The first-order chi connectivity index (χ1) is 8.01. The molecule has 92 valence electrons. The fourth-order valence-corrected chi connectivity index (χ4v) is 2.24. The molecule has 1 aromatic carbocycles. The van der Waals surface area contributed by atoms with E-state index in [1.165, 1.54) is 0 Å². The average Bonchev–Trinajstić information content (AvgIpc) is 2.27. The standard InChI is InChI=1S/C13H15F2NO/c1-13(2-4-16-5-3-13)12(17)9-6-10(14)8-11(15)7-9/h6-8,16H,2-5H2,1H3. The van der Waals surface area contributed by atoms with E-state index >= 15 is 0 Å². The molecule has 1 aliphatic rings. The number of halogens is 2. The van der Waals surface area contributed by atoms with Gasteiger partial charge in [-0.1, -0.05) is 6.92 Å². The van der Waals surface area contributed by atoms with E-state index in [1.807, 2.05) is 6.92 Å². The maximum Gasteiger partial charge on any atom is 0.169 e. The van der Waals surface area contributed by atoms with Gasteiger partial charge in [0.25, 0.3) is 0 Å². The highest BCUT2D eigenvalue weighted by molar-refractivity contribution is 6.00. The molecule has 17 heavy (non-hydrogen) atoms. The Hall–Kier alpha value is -1.29. The Morgan fingerprint density at radius 2 is 1.71 bits per heavy atom. The van der Waals surface area contributed by atoms with Gasteiger partial charge in [-0.25, -0.2) is 8.78 Å². The van der Waals surface area contributed by atoms with Crippen molar-refractivity contribution in [3.8, 4) is 0 Å². The lowest BCUT2D eigenvalue weighted by Gasteiger charge is -2.32. The number of Topliss-reactive ketones (excluding diaryl/α,β-unsaturated/α-hetero) is 1. The number of hydrogen-bond donors (Lipinski definition) is 1. The molecule has 0 unspecified atom stereocenters. The van der Waals surface area contributed by atoms with E-state index in [-0.39, 0.29) is 11.3 Å². The van der Waals surface area contributed by atoms with Crippen LogP contribution in [0, 0.1) is 17.0 Å². The third kappa shape index (κ3) is 2.52. The minimum absolute atomic E-state index is 0.131. The van der Waals surface area contributed by atoms with Crippen molar-refractivity contribution in [2.75, 3.05) is 13.1 Å². The molecule has 0 amide bonds. The molecular formula is C13H15F2NO. The van der Waals surface area contributed by atoms with Gasteiger partial charge in [0, 0.05) is 17.0 Å². The topological polar surface area (TPSA) is 29.1 Å². The van der Waals surface area contributed by atoms with E-state index in [0.29, 0.717) is 12.8 Å². The van der Waals surface area contributed by atoms with Crippen molar-refractivity contribution in [2.45, 2.75) is 19.8 Å². The number of rotatable bonds is 2. The van der Waals surface area contributed by atoms with Crippen molar-refractivity contribution in [2.24, 2.45) is 5.41 Å². The Labute approximate surface area is 99.0 Å². The van der Waals surface area contributed by atoms with E-state index in [9.17, 15) is 13.6 Å². The normalized spacial score (nSPS) is 19.0. The minimum atomic E-state index is -0.703. The zero-order chi connectivity index (χ0) is 12.5. The van der Waals surface area contributed by atoms with E-state index in [0.717, 1.165) is 31.3 Å². The van der Waals surface area contributed by atoms with Gasteiger partial charge < -0.3 is 5.32 Å². The number of nitrogens with one attached hydrogen (secondary N) is 1. The highest BCUT2D eigenvalue weighted by Crippen LogP contribution is 2.32. The second kappa shape index (κ2) is 4.53. The van der Waals surface area contributed by atoms with Crippen LogP contribution in [0.15, 0.2) is 18.2 Å². The van der Waals surface area contributed by atoms with Crippen molar-refractivity contribution < 1.29 is 13.6 Å². The van der Waals surface area contributed by atoms with Gasteiger partial charge in [-0.3, -0.25) is 4.79 Å². The van der Waals surface area contributed by atoms with Crippen LogP contribution in [0.25, 0.3) is 0 Å². The zero-order valence-electron chi connectivity index (χ0n) is 9.72. The maximum absolute atomic E-state index is 13.1. The largest absolute Gasteiger partial charge is 0.317 e. The van der Waals surface area contributed by atoms with E-state index < -0.39 is 17.0 Å². The van der Waals surface area contributed by atoms with Crippen molar-refractivity contribution >= 4 is 5.78 Å². The summed E-state index contributed by atoms with van der Waals surface area (Å²) in [5.74, 6) is -1.57. The van der Waals surface area contributed by atoms with Crippen molar-refractivity contribution in [3.63, 3.8) is 0 Å². The molecule has 0 aromatic heterocycles. The zero-order valence-corrected chi connectivity index (χ0v) is 9.72. The first-order valence-electron chi connectivity index (χ1n) is 5.73. The van der Waals surface area contributed by atoms with Crippen LogP contribution in [-0.4, -0.2) is 18.9 Å². The Kier molecular flexibility index (Phi) is 3.24. The third-order valence-electron chi connectivity index (χ3n) is 3.38. The summed E-state index contributed by atoms with van der Waals surface area (Å²) < 4.78 is 26.2. The Bertz CT molecular complexity index is 419. The number of benzene rings is 1. The van der Waals surface area contributed by atoms with E-state index in [1.54, 1.807) is 0 Å². The molecule has 0 spiro atoms. The van der Waals surface area contributed by atoms with Crippen LogP contribution in [0.4, 0.5) is 8.78 Å². The molecule has 0 saturated carbocycles. The number of ketones is 1. The van der Waals surface area contributed by atoms with Crippen LogP contribution in [0.2, 0.25) is 0 Å².